The van der Waals surface area contributed by atoms with Gasteiger partial charge in [0.15, 0.2) is 5.65 Å². The summed E-state index contributed by atoms with van der Waals surface area (Å²) < 4.78 is 0. The van der Waals surface area contributed by atoms with Crippen LogP contribution in [0.5, 0.6) is 0 Å². The van der Waals surface area contributed by atoms with Crippen molar-refractivity contribution < 1.29 is 4.79 Å². The molecule has 0 aliphatic heterocycles. The third-order valence-corrected chi connectivity index (χ3v) is 4.52. The highest BCUT2D eigenvalue weighted by Crippen LogP contribution is 2.30. The Labute approximate surface area is 161 Å². The number of nitrogens with one attached hydrogen (secondary N) is 2. The summed E-state index contributed by atoms with van der Waals surface area (Å²) in [6, 6.07) is 16.9. The first kappa shape index (κ1) is 17.2. The molecule has 6 heteroatoms. The van der Waals surface area contributed by atoms with Gasteiger partial charge in [0.05, 0.1) is 17.0 Å². The van der Waals surface area contributed by atoms with Gasteiger partial charge in [-0.2, -0.15) is 0 Å². The van der Waals surface area contributed by atoms with Gasteiger partial charge in [0.25, 0.3) is 0 Å². The van der Waals surface area contributed by atoms with E-state index in [9.17, 15) is 4.79 Å². The standard InChI is InChI=1S/C21H17ClN4O/c1-13-9-18-21(23-12-13)26-20(25-18)16-11-15(7-8-17(16)22)24-19(27)10-14-5-3-2-4-6-14/h2-9,11-12H,10H2,1H3,(H,24,27)(H,23,25,26). The summed E-state index contributed by atoms with van der Waals surface area (Å²) in [6.07, 6.45) is 2.08. The summed E-state index contributed by atoms with van der Waals surface area (Å²) >= 11 is 6.36. The van der Waals surface area contributed by atoms with Crippen molar-refractivity contribution in [1.29, 1.82) is 0 Å². The predicted molar refractivity (Wildman–Crippen MR) is 108 cm³/mol. The minimum absolute atomic E-state index is 0.0867. The number of carbonyl (C=O) groups excluding carboxylic acids is 1. The Balaban J connectivity index is 1.60. The van der Waals surface area contributed by atoms with E-state index in [1.54, 1.807) is 18.3 Å². The molecule has 0 saturated carbocycles. The lowest BCUT2D eigenvalue weighted by molar-refractivity contribution is -0.115. The molecular formula is C21H17ClN4O. The van der Waals surface area contributed by atoms with Crippen molar-refractivity contribution in [3.8, 4) is 11.4 Å². The number of halogens is 1. The van der Waals surface area contributed by atoms with Crippen LogP contribution in [0.3, 0.4) is 0 Å². The molecule has 27 heavy (non-hydrogen) atoms. The van der Waals surface area contributed by atoms with Crippen LogP contribution in [0.15, 0.2) is 60.8 Å². The van der Waals surface area contributed by atoms with Crippen molar-refractivity contribution in [3.05, 3.63) is 76.9 Å². The Morgan fingerprint density at radius 2 is 1.96 bits per heavy atom. The number of nitrogens with zero attached hydrogens (tertiary/aromatic N) is 2. The Morgan fingerprint density at radius 3 is 2.78 bits per heavy atom. The second-order valence-corrected chi connectivity index (χ2v) is 6.78. The predicted octanol–water partition coefficient (Wildman–Crippen LogP) is 4.77. The third kappa shape index (κ3) is 3.83. The highest BCUT2D eigenvalue weighted by atomic mass is 35.5. The third-order valence-electron chi connectivity index (χ3n) is 4.19. The Bertz CT molecular complexity index is 1120. The number of carbonyl (C=O) groups is 1. The van der Waals surface area contributed by atoms with Crippen LogP contribution in [-0.2, 0) is 11.2 Å². The van der Waals surface area contributed by atoms with E-state index < -0.39 is 0 Å². The number of aromatic amines is 1. The fourth-order valence-electron chi connectivity index (χ4n) is 2.90. The number of H-pyrrole nitrogens is 1. The van der Waals surface area contributed by atoms with E-state index in [2.05, 4.69) is 20.3 Å². The van der Waals surface area contributed by atoms with Crippen molar-refractivity contribution >= 4 is 34.4 Å². The van der Waals surface area contributed by atoms with E-state index in [0.29, 0.717) is 34.2 Å². The Kier molecular flexibility index (Phi) is 4.60. The monoisotopic (exact) mass is 376 g/mol. The average Bonchev–Trinajstić information content (AvgIpc) is 3.07. The molecule has 2 N–H and O–H groups in total. The van der Waals surface area contributed by atoms with Gasteiger partial charge in [-0.05, 0) is 42.3 Å². The fraction of sp³-hybridized carbons (Fsp3) is 0.0952. The van der Waals surface area contributed by atoms with Gasteiger partial charge >= 0.3 is 0 Å². The highest BCUT2D eigenvalue weighted by molar-refractivity contribution is 6.33. The molecule has 0 fully saturated rings. The largest absolute Gasteiger partial charge is 0.337 e. The molecule has 0 atom stereocenters. The number of amides is 1. The highest BCUT2D eigenvalue weighted by Gasteiger charge is 2.12. The summed E-state index contributed by atoms with van der Waals surface area (Å²) in [4.78, 5) is 24.4. The minimum Gasteiger partial charge on any atom is -0.337 e. The van der Waals surface area contributed by atoms with Gasteiger partial charge < -0.3 is 10.3 Å². The van der Waals surface area contributed by atoms with Crippen LogP contribution in [0, 0.1) is 6.92 Å². The van der Waals surface area contributed by atoms with Gasteiger partial charge in [0.2, 0.25) is 5.91 Å². The van der Waals surface area contributed by atoms with Crippen molar-refractivity contribution in [2.24, 2.45) is 0 Å². The lowest BCUT2D eigenvalue weighted by atomic mass is 10.1. The molecule has 2 heterocycles. The van der Waals surface area contributed by atoms with Crippen LogP contribution >= 0.6 is 11.6 Å². The zero-order valence-corrected chi connectivity index (χ0v) is 15.4. The summed E-state index contributed by atoms with van der Waals surface area (Å²) in [5.74, 6) is 0.531. The summed E-state index contributed by atoms with van der Waals surface area (Å²) in [5, 5.41) is 3.46. The van der Waals surface area contributed by atoms with Gasteiger partial charge in [-0.15, -0.1) is 0 Å². The van der Waals surface area contributed by atoms with Crippen molar-refractivity contribution in [3.63, 3.8) is 0 Å². The normalized spacial score (nSPS) is 10.9. The number of anilines is 1. The van der Waals surface area contributed by atoms with Crippen molar-refractivity contribution in [2.75, 3.05) is 5.32 Å². The topological polar surface area (TPSA) is 70.7 Å². The zero-order valence-electron chi connectivity index (χ0n) is 14.7. The van der Waals surface area contributed by atoms with E-state index in [0.717, 1.165) is 16.6 Å². The summed E-state index contributed by atoms with van der Waals surface area (Å²) in [6.45, 7) is 1.98. The number of pyridine rings is 1. The molecule has 1 amide bonds. The molecule has 0 radical (unpaired) electrons. The number of aryl methyl sites for hydroxylation is 1. The quantitative estimate of drug-likeness (QED) is 0.539. The van der Waals surface area contributed by atoms with Crippen molar-refractivity contribution in [2.45, 2.75) is 13.3 Å². The molecule has 2 aromatic carbocycles. The maximum atomic E-state index is 12.3. The summed E-state index contributed by atoms with van der Waals surface area (Å²) in [7, 11) is 0. The number of rotatable bonds is 4. The number of imidazole rings is 1. The number of hydrogen-bond donors (Lipinski definition) is 2. The molecule has 2 aromatic heterocycles. The number of benzene rings is 2. The van der Waals surface area contributed by atoms with Gasteiger partial charge in [-0.25, -0.2) is 9.97 Å². The van der Waals surface area contributed by atoms with E-state index >= 15 is 0 Å². The maximum absolute atomic E-state index is 12.3. The fourth-order valence-corrected chi connectivity index (χ4v) is 3.11. The van der Waals surface area contributed by atoms with Gasteiger partial charge in [0.1, 0.15) is 5.82 Å². The smallest absolute Gasteiger partial charge is 0.228 e. The SMILES string of the molecule is Cc1cnc2nc(-c3cc(NC(=O)Cc4ccccc4)ccc3Cl)[nH]c2c1. The van der Waals surface area contributed by atoms with Gasteiger partial charge in [-0.3, -0.25) is 4.79 Å². The molecular weight excluding hydrogens is 360 g/mol. The number of fused-ring (bicyclic) bond motifs is 1. The molecule has 5 nitrogen and oxygen atoms in total. The van der Waals surface area contributed by atoms with Crippen LogP contribution in [-0.4, -0.2) is 20.9 Å². The lowest BCUT2D eigenvalue weighted by Gasteiger charge is -2.08. The molecule has 0 spiro atoms. The molecule has 0 saturated heterocycles. The van der Waals surface area contributed by atoms with Crippen molar-refractivity contribution in [1.82, 2.24) is 15.0 Å². The van der Waals surface area contributed by atoms with Crippen LogP contribution in [0.4, 0.5) is 5.69 Å². The van der Waals surface area contributed by atoms with E-state index in [4.69, 9.17) is 11.6 Å². The second-order valence-electron chi connectivity index (χ2n) is 6.37. The van der Waals surface area contributed by atoms with E-state index in [1.807, 2.05) is 49.4 Å². The van der Waals surface area contributed by atoms with Crippen LogP contribution in [0.2, 0.25) is 5.02 Å². The number of aromatic nitrogens is 3. The molecule has 0 unspecified atom stereocenters. The zero-order chi connectivity index (χ0) is 18.8. The van der Waals surface area contributed by atoms with Crippen LogP contribution < -0.4 is 5.32 Å². The average molecular weight is 377 g/mol. The molecule has 0 aliphatic carbocycles. The lowest BCUT2D eigenvalue weighted by Crippen LogP contribution is -2.14. The first-order valence-corrected chi connectivity index (χ1v) is 8.92. The maximum Gasteiger partial charge on any atom is 0.228 e. The minimum atomic E-state index is -0.0867. The first-order valence-electron chi connectivity index (χ1n) is 8.54. The molecule has 0 aliphatic rings. The van der Waals surface area contributed by atoms with Crippen LogP contribution in [0.25, 0.3) is 22.6 Å². The molecule has 4 aromatic rings. The first-order chi connectivity index (χ1) is 13.1. The Hall–Kier alpha value is -3.18. The number of hydrogen-bond acceptors (Lipinski definition) is 3. The van der Waals surface area contributed by atoms with E-state index in [1.165, 1.54) is 0 Å². The van der Waals surface area contributed by atoms with Gasteiger partial charge in [-0.1, -0.05) is 41.9 Å². The van der Waals surface area contributed by atoms with E-state index in [-0.39, 0.29) is 5.91 Å². The Morgan fingerprint density at radius 1 is 1.15 bits per heavy atom. The molecule has 0 bridgehead atoms. The molecule has 4 rings (SSSR count). The summed E-state index contributed by atoms with van der Waals surface area (Å²) in [5.41, 5.74) is 4.86. The second kappa shape index (κ2) is 7.21. The van der Waals surface area contributed by atoms with Gasteiger partial charge in [0, 0.05) is 17.4 Å². The van der Waals surface area contributed by atoms with Crippen LogP contribution in [0.1, 0.15) is 11.1 Å². The molecule has 134 valence electrons.